The molecule has 1 heterocycles. The predicted octanol–water partition coefficient (Wildman–Crippen LogP) is 0.596. The lowest BCUT2D eigenvalue weighted by molar-refractivity contribution is -0.143. The highest BCUT2D eigenvalue weighted by Gasteiger charge is 2.26. The fourth-order valence-corrected chi connectivity index (χ4v) is 1.69. The number of halogens is 1. The van der Waals surface area contributed by atoms with E-state index in [1.54, 1.807) is 7.11 Å². The molecule has 1 N–H and O–H groups in total. The molecular formula is C9H18ClNO3. The summed E-state index contributed by atoms with van der Waals surface area (Å²) in [5.41, 5.74) is 0. The van der Waals surface area contributed by atoms with E-state index in [-0.39, 0.29) is 24.5 Å². The largest absolute Gasteiger partial charge is 0.469 e. The maximum atomic E-state index is 11.0. The molecule has 0 aromatic heterocycles. The van der Waals surface area contributed by atoms with Crippen molar-refractivity contribution in [1.82, 2.24) is 5.32 Å². The van der Waals surface area contributed by atoms with Crippen molar-refractivity contribution in [2.75, 3.05) is 27.3 Å². The topological polar surface area (TPSA) is 47.6 Å². The van der Waals surface area contributed by atoms with E-state index < -0.39 is 0 Å². The molecule has 1 aliphatic rings. The Kier molecular flexibility index (Phi) is 6.87. The first kappa shape index (κ1) is 13.7. The van der Waals surface area contributed by atoms with Crippen LogP contribution in [0.3, 0.4) is 0 Å². The fourth-order valence-electron chi connectivity index (χ4n) is 1.69. The number of esters is 1. The third-order valence-electron chi connectivity index (χ3n) is 2.52. The lowest BCUT2D eigenvalue weighted by Gasteiger charge is -2.30. The van der Waals surface area contributed by atoms with Gasteiger partial charge >= 0.3 is 5.97 Å². The molecule has 1 rings (SSSR count). The Labute approximate surface area is 90.7 Å². The van der Waals surface area contributed by atoms with Crippen molar-refractivity contribution >= 4 is 18.4 Å². The van der Waals surface area contributed by atoms with Gasteiger partial charge in [0.15, 0.2) is 0 Å². The monoisotopic (exact) mass is 223 g/mol. The van der Waals surface area contributed by atoms with Gasteiger partial charge in [-0.2, -0.15) is 0 Å². The predicted molar refractivity (Wildman–Crippen MR) is 55.7 cm³/mol. The molecular weight excluding hydrogens is 206 g/mol. The van der Waals surface area contributed by atoms with Gasteiger partial charge in [-0.3, -0.25) is 4.79 Å². The minimum absolute atomic E-state index is 0. The highest BCUT2D eigenvalue weighted by atomic mass is 35.5. The lowest BCUT2D eigenvalue weighted by atomic mass is 9.92. The van der Waals surface area contributed by atoms with Crippen LogP contribution < -0.4 is 5.32 Å². The van der Waals surface area contributed by atoms with Gasteiger partial charge in [0, 0.05) is 13.7 Å². The van der Waals surface area contributed by atoms with Gasteiger partial charge in [0.2, 0.25) is 0 Å². The molecule has 84 valence electrons. The summed E-state index contributed by atoms with van der Waals surface area (Å²) >= 11 is 0. The van der Waals surface area contributed by atoms with Crippen LogP contribution in [0, 0.1) is 5.92 Å². The summed E-state index contributed by atoms with van der Waals surface area (Å²) in [5.74, 6) is 0.160. The second-order valence-corrected chi connectivity index (χ2v) is 3.31. The number of nitrogens with one attached hydrogen (secondary N) is 1. The van der Waals surface area contributed by atoms with E-state index in [0.717, 1.165) is 19.5 Å². The van der Waals surface area contributed by atoms with Gasteiger partial charge in [-0.15, -0.1) is 12.4 Å². The van der Waals surface area contributed by atoms with Crippen molar-refractivity contribution in [2.45, 2.75) is 18.9 Å². The number of carbonyl (C=O) groups excluding carboxylic acids is 1. The first-order valence-electron chi connectivity index (χ1n) is 4.58. The SMILES string of the molecule is COC(=O)CC1CCNCC1OC.Cl. The van der Waals surface area contributed by atoms with Crippen LogP contribution >= 0.6 is 12.4 Å². The van der Waals surface area contributed by atoms with Crippen molar-refractivity contribution in [3.63, 3.8) is 0 Å². The maximum absolute atomic E-state index is 11.0. The van der Waals surface area contributed by atoms with E-state index in [1.807, 2.05) is 0 Å². The Morgan fingerprint density at radius 1 is 1.50 bits per heavy atom. The summed E-state index contributed by atoms with van der Waals surface area (Å²) in [6.45, 7) is 1.79. The first-order chi connectivity index (χ1) is 6.27. The molecule has 0 aliphatic carbocycles. The Morgan fingerprint density at radius 2 is 2.21 bits per heavy atom. The van der Waals surface area contributed by atoms with Crippen molar-refractivity contribution in [2.24, 2.45) is 5.92 Å². The molecule has 1 fully saturated rings. The standard InChI is InChI=1S/C9H17NO3.ClH/c1-12-8-6-10-4-3-7(8)5-9(11)13-2;/h7-8,10H,3-6H2,1-2H3;1H. The average Bonchev–Trinajstić information content (AvgIpc) is 2.18. The number of hydrogen-bond acceptors (Lipinski definition) is 4. The second-order valence-electron chi connectivity index (χ2n) is 3.31. The van der Waals surface area contributed by atoms with Crippen molar-refractivity contribution < 1.29 is 14.3 Å². The minimum Gasteiger partial charge on any atom is -0.469 e. The molecule has 4 nitrogen and oxygen atoms in total. The number of hydrogen-bond donors (Lipinski definition) is 1. The summed E-state index contributed by atoms with van der Waals surface area (Å²) in [4.78, 5) is 11.0. The van der Waals surface area contributed by atoms with E-state index in [0.29, 0.717) is 12.3 Å². The van der Waals surface area contributed by atoms with E-state index in [4.69, 9.17) is 4.74 Å². The molecule has 0 aromatic carbocycles. The molecule has 5 heteroatoms. The Balaban J connectivity index is 0.00000169. The average molecular weight is 224 g/mol. The number of rotatable bonds is 3. The summed E-state index contributed by atoms with van der Waals surface area (Å²) in [6, 6.07) is 0. The van der Waals surface area contributed by atoms with E-state index in [9.17, 15) is 4.79 Å². The van der Waals surface area contributed by atoms with Gasteiger partial charge in [-0.1, -0.05) is 0 Å². The smallest absolute Gasteiger partial charge is 0.305 e. The van der Waals surface area contributed by atoms with Crippen LogP contribution in [-0.2, 0) is 14.3 Å². The molecule has 0 bridgehead atoms. The number of ether oxygens (including phenoxy) is 2. The van der Waals surface area contributed by atoms with Gasteiger partial charge in [-0.05, 0) is 18.9 Å². The minimum atomic E-state index is -0.144. The van der Waals surface area contributed by atoms with Gasteiger partial charge < -0.3 is 14.8 Å². The third-order valence-corrected chi connectivity index (χ3v) is 2.52. The van der Waals surface area contributed by atoms with Crippen LogP contribution in [0.15, 0.2) is 0 Å². The van der Waals surface area contributed by atoms with Crippen LogP contribution in [0.1, 0.15) is 12.8 Å². The summed E-state index contributed by atoms with van der Waals surface area (Å²) in [7, 11) is 3.10. The molecule has 2 atom stereocenters. The highest BCUT2D eigenvalue weighted by molar-refractivity contribution is 5.85. The van der Waals surface area contributed by atoms with Crippen molar-refractivity contribution in [1.29, 1.82) is 0 Å². The van der Waals surface area contributed by atoms with Crippen LogP contribution in [0.2, 0.25) is 0 Å². The summed E-state index contributed by atoms with van der Waals surface area (Å²) < 4.78 is 9.91. The lowest BCUT2D eigenvalue weighted by Crippen LogP contribution is -2.42. The first-order valence-corrected chi connectivity index (χ1v) is 4.58. The van der Waals surface area contributed by atoms with Crippen LogP contribution in [0.5, 0.6) is 0 Å². The van der Waals surface area contributed by atoms with Gasteiger partial charge in [0.25, 0.3) is 0 Å². The molecule has 0 radical (unpaired) electrons. The molecule has 1 aliphatic heterocycles. The summed E-state index contributed by atoms with van der Waals surface area (Å²) in [5, 5.41) is 3.23. The normalized spacial score (nSPS) is 26.4. The Morgan fingerprint density at radius 3 is 2.79 bits per heavy atom. The molecule has 14 heavy (non-hydrogen) atoms. The Bertz CT molecular complexity index is 177. The third kappa shape index (κ3) is 3.82. The second kappa shape index (κ2) is 7.04. The van der Waals surface area contributed by atoms with Gasteiger partial charge in [-0.25, -0.2) is 0 Å². The fraction of sp³-hybridized carbons (Fsp3) is 0.889. The maximum Gasteiger partial charge on any atom is 0.305 e. The zero-order valence-corrected chi connectivity index (χ0v) is 9.43. The zero-order chi connectivity index (χ0) is 9.68. The van der Waals surface area contributed by atoms with Crippen LogP contribution in [-0.4, -0.2) is 39.4 Å². The molecule has 0 aromatic rings. The number of piperidine rings is 1. The highest BCUT2D eigenvalue weighted by Crippen LogP contribution is 2.19. The van der Waals surface area contributed by atoms with Crippen LogP contribution in [0.25, 0.3) is 0 Å². The van der Waals surface area contributed by atoms with Gasteiger partial charge in [0.1, 0.15) is 0 Å². The molecule has 0 saturated carbocycles. The van der Waals surface area contributed by atoms with Gasteiger partial charge in [0.05, 0.1) is 19.6 Å². The quantitative estimate of drug-likeness (QED) is 0.712. The van der Waals surface area contributed by atoms with Crippen LogP contribution in [0.4, 0.5) is 0 Å². The van der Waals surface area contributed by atoms with Crippen molar-refractivity contribution in [3.8, 4) is 0 Å². The number of carbonyl (C=O) groups is 1. The molecule has 0 spiro atoms. The summed E-state index contributed by atoms with van der Waals surface area (Å²) in [6.07, 6.45) is 1.59. The van der Waals surface area contributed by atoms with E-state index in [2.05, 4.69) is 10.1 Å². The van der Waals surface area contributed by atoms with E-state index >= 15 is 0 Å². The zero-order valence-electron chi connectivity index (χ0n) is 8.62. The number of methoxy groups -OCH3 is 2. The van der Waals surface area contributed by atoms with Crippen molar-refractivity contribution in [3.05, 3.63) is 0 Å². The van der Waals surface area contributed by atoms with E-state index in [1.165, 1.54) is 7.11 Å². The Hall–Kier alpha value is -0.320. The molecule has 0 amide bonds. The molecule has 1 saturated heterocycles. The molecule has 2 unspecified atom stereocenters.